The number of hydrogen-bond acceptors (Lipinski definition) is 2. The molecule has 0 aliphatic carbocycles. The lowest BCUT2D eigenvalue weighted by molar-refractivity contribution is -0.137. The lowest BCUT2D eigenvalue weighted by Crippen LogP contribution is -2.49. The highest BCUT2D eigenvalue weighted by Crippen LogP contribution is 2.25. The average molecular weight is 377 g/mol. The summed E-state index contributed by atoms with van der Waals surface area (Å²) in [4.78, 5) is 17.7. The van der Waals surface area contributed by atoms with Crippen LogP contribution in [0.4, 0.5) is 0 Å². The molecule has 1 amide bonds. The van der Waals surface area contributed by atoms with E-state index in [1.807, 2.05) is 0 Å². The molecule has 3 nitrogen and oxygen atoms in total. The van der Waals surface area contributed by atoms with Gasteiger partial charge in [-0.3, -0.25) is 9.69 Å². The molecule has 0 bridgehead atoms. The largest absolute Gasteiger partial charge is 0.341 e. The molecule has 2 fully saturated rings. The molecule has 0 unspecified atom stereocenters. The van der Waals surface area contributed by atoms with Crippen LogP contribution in [0.3, 0.4) is 0 Å². The number of benzene rings is 2. The summed E-state index contributed by atoms with van der Waals surface area (Å²) in [6.45, 7) is 3.91. The maximum Gasteiger partial charge on any atom is 0.239 e. The SMILES string of the molecule is O=C([C@@H]1CCCN1CCc1ccccc1)N1CCC(Cc2ccccc2)CC1. The fourth-order valence-corrected chi connectivity index (χ4v) is 4.81. The molecule has 148 valence electrons. The first kappa shape index (κ1) is 19.2. The first-order valence-corrected chi connectivity index (χ1v) is 10.9. The number of nitrogens with zero attached hydrogens (tertiary/aromatic N) is 2. The van der Waals surface area contributed by atoms with Crippen LogP contribution in [0.1, 0.15) is 36.8 Å². The summed E-state index contributed by atoms with van der Waals surface area (Å²) in [5, 5.41) is 0. The van der Waals surface area contributed by atoms with Crippen molar-refractivity contribution in [1.29, 1.82) is 0 Å². The van der Waals surface area contributed by atoms with Gasteiger partial charge in [-0.25, -0.2) is 0 Å². The van der Waals surface area contributed by atoms with E-state index >= 15 is 0 Å². The van der Waals surface area contributed by atoms with Crippen molar-refractivity contribution in [3.63, 3.8) is 0 Å². The Morgan fingerprint density at radius 2 is 1.46 bits per heavy atom. The van der Waals surface area contributed by atoms with Gasteiger partial charge in [-0.15, -0.1) is 0 Å². The number of piperidine rings is 1. The highest BCUT2D eigenvalue weighted by molar-refractivity contribution is 5.82. The van der Waals surface area contributed by atoms with Crippen molar-refractivity contribution >= 4 is 5.91 Å². The van der Waals surface area contributed by atoms with Gasteiger partial charge in [0.2, 0.25) is 5.91 Å². The topological polar surface area (TPSA) is 23.6 Å². The van der Waals surface area contributed by atoms with E-state index in [0.717, 1.165) is 64.7 Å². The number of hydrogen-bond donors (Lipinski definition) is 0. The highest BCUT2D eigenvalue weighted by Gasteiger charge is 2.34. The van der Waals surface area contributed by atoms with Crippen molar-refractivity contribution < 1.29 is 4.79 Å². The maximum atomic E-state index is 13.2. The minimum absolute atomic E-state index is 0.106. The van der Waals surface area contributed by atoms with E-state index in [1.165, 1.54) is 11.1 Å². The van der Waals surface area contributed by atoms with Crippen LogP contribution in [0.5, 0.6) is 0 Å². The monoisotopic (exact) mass is 376 g/mol. The highest BCUT2D eigenvalue weighted by atomic mass is 16.2. The van der Waals surface area contributed by atoms with E-state index in [2.05, 4.69) is 70.5 Å². The second-order valence-electron chi connectivity index (χ2n) is 8.39. The average Bonchev–Trinajstić information content (AvgIpc) is 3.22. The Morgan fingerprint density at radius 3 is 2.14 bits per heavy atom. The van der Waals surface area contributed by atoms with Gasteiger partial charge in [-0.1, -0.05) is 60.7 Å². The van der Waals surface area contributed by atoms with Crippen LogP contribution in [-0.2, 0) is 17.6 Å². The molecule has 0 radical (unpaired) electrons. The fourth-order valence-electron chi connectivity index (χ4n) is 4.81. The van der Waals surface area contributed by atoms with Crippen molar-refractivity contribution in [1.82, 2.24) is 9.80 Å². The van der Waals surface area contributed by atoms with Gasteiger partial charge in [0, 0.05) is 19.6 Å². The molecule has 2 aliphatic rings. The molecule has 3 heteroatoms. The minimum Gasteiger partial charge on any atom is -0.341 e. The fraction of sp³-hybridized carbons (Fsp3) is 0.480. The zero-order valence-electron chi connectivity index (χ0n) is 16.8. The standard InChI is InChI=1S/C25H32N2O/c28-25(24-12-7-16-26(24)17-13-21-8-3-1-4-9-21)27-18-14-23(15-19-27)20-22-10-5-2-6-11-22/h1-6,8-11,23-24H,7,12-20H2/t24-/m0/s1. The summed E-state index contributed by atoms with van der Waals surface area (Å²) in [6.07, 6.45) is 6.63. The van der Waals surface area contributed by atoms with Gasteiger partial charge in [0.15, 0.2) is 0 Å². The van der Waals surface area contributed by atoms with Crippen molar-refractivity contribution in [2.75, 3.05) is 26.2 Å². The van der Waals surface area contributed by atoms with Crippen molar-refractivity contribution in [2.24, 2.45) is 5.92 Å². The number of carbonyl (C=O) groups is 1. The third kappa shape index (κ3) is 4.82. The van der Waals surface area contributed by atoms with Crippen LogP contribution in [0, 0.1) is 5.92 Å². The van der Waals surface area contributed by atoms with Crippen molar-refractivity contribution in [3.8, 4) is 0 Å². The molecule has 2 saturated heterocycles. The van der Waals surface area contributed by atoms with E-state index in [9.17, 15) is 4.79 Å². The summed E-state index contributed by atoms with van der Waals surface area (Å²) >= 11 is 0. The second-order valence-corrected chi connectivity index (χ2v) is 8.39. The molecule has 0 spiro atoms. The Bertz CT molecular complexity index is 738. The van der Waals surface area contributed by atoms with Gasteiger partial charge >= 0.3 is 0 Å². The van der Waals surface area contributed by atoms with Crippen molar-refractivity contribution in [3.05, 3.63) is 71.8 Å². The Hall–Kier alpha value is -2.13. The van der Waals surface area contributed by atoms with Crippen LogP contribution < -0.4 is 0 Å². The molecule has 1 atom stereocenters. The van der Waals surface area contributed by atoms with Crippen LogP contribution in [0.2, 0.25) is 0 Å². The lowest BCUT2D eigenvalue weighted by atomic mass is 9.90. The Morgan fingerprint density at radius 1 is 0.821 bits per heavy atom. The van der Waals surface area contributed by atoms with Gasteiger partial charge in [-0.05, 0) is 62.1 Å². The van der Waals surface area contributed by atoms with Gasteiger partial charge in [0.25, 0.3) is 0 Å². The smallest absolute Gasteiger partial charge is 0.239 e. The van der Waals surface area contributed by atoms with Crippen LogP contribution >= 0.6 is 0 Å². The molecular formula is C25H32N2O. The molecular weight excluding hydrogens is 344 g/mol. The third-order valence-electron chi connectivity index (χ3n) is 6.47. The van der Waals surface area contributed by atoms with E-state index in [0.29, 0.717) is 11.8 Å². The van der Waals surface area contributed by atoms with Crippen LogP contribution in [0.25, 0.3) is 0 Å². The number of rotatable bonds is 6. The predicted octanol–water partition coefficient (Wildman–Crippen LogP) is 4.17. The molecule has 4 rings (SSSR count). The summed E-state index contributed by atoms with van der Waals surface area (Å²) < 4.78 is 0. The summed E-state index contributed by atoms with van der Waals surface area (Å²) in [5.41, 5.74) is 2.79. The molecule has 0 saturated carbocycles. The van der Waals surface area contributed by atoms with E-state index < -0.39 is 0 Å². The number of amides is 1. The van der Waals surface area contributed by atoms with Crippen molar-refractivity contribution in [2.45, 2.75) is 44.6 Å². The zero-order valence-corrected chi connectivity index (χ0v) is 16.8. The summed E-state index contributed by atoms with van der Waals surface area (Å²) in [5.74, 6) is 1.09. The predicted molar refractivity (Wildman–Crippen MR) is 114 cm³/mol. The van der Waals surface area contributed by atoms with E-state index in [1.54, 1.807) is 0 Å². The molecule has 2 aromatic carbocycles. The third-order valence-corrected chi connectivity index (χ3v) is 6.47. The molecule has 2 aromatic rings. The van der Waals surface area contributed by atoms with Gasteiger partial charge < -0.3 is 4.90 Å². The first-order valence-electron chi connectivity index (χ1n) is 10.9. The van der Waals surface area contributed by atoms with Crippen LogP contribution in [0.15, 0.2) is 60.7 Å². The normalized spacial score (nSPS) is 21.1. The zero-order chi connectivity index (χ0) is 19.2. The minimum atomic E-state index is 0.106. The first-order chi connectivity index (χ1) is 13.8. The molecule has 0 N–H and O–H groups in total. The summed E-state index contributed by atoms with van der Waals surface area (Å²) in [6, 6.07) is 21.5. The van der Waals surface area contributed by atoms with Gasteiger partial charge in [-0.2, -0.15) is 0 Å². The van der Waals surface area contributed by atoms with Gasteiger partial charge in [0.1, 0.15) is 0 Å². The van der Waals surface area contributed by atoms with Gasteiger partial charge in [0.05, 0.1) is 6.04 Å². The Labute approximate surface area is 169 Å². The molecule has 28 heavy (non-hydrogen) atoms. The second kappa shape index (κ2) is 9.38. The lowest BCUT2D eigenvalue weighted by Gasteiger charge is -2.35. The molecule has 2 aliphatic heterocycles. The van der Waals surface area contributed by atoms with Crippen LogP contribution in [-0.4, -0.2) is 47.9 Å². The molecule has 2 heterocycles. The van der Waals surface area contributed by atoms with E-state index in [-0.39, 0.29) is 6.04 Å². The summed E-state index contributed by atoms with van der Waals surface area (Å²) in [7, 11) is 0. The Kier molecular flexibility index (Phi) is 6.43. The Balaban J connectivity index is 1.27. The van der Waals surface area contributed by atoms with E-state index in [4.69, 9.17) is 0 Å². The molecule has 0 aromatic heterocycles. The number of likely N-dealkylation sites (tertiary alicyclic amines) is 2. The number of carbonyl (C=O) groups excluding carboxylic acids is 1. The quantitative estimate of drug-likeness (QED) is 0.755. The maximum absolute atomic E-state index is 13.2.